The van der Waals surface area contributed by atoms with Gasteiger partial charge in [-0.3, -0.25) is 0 Å². The van der Waals surface area contributed by atoms with Crippen molar-refractivity contribution < 1.29 is 8.42 Å². The van der Waals surface area contributed by atoms with Crippen LogP contribution in [0.25, 0.3) is 0 Å². The highest BCUT2D eigenvalue weighted by molar-refractivity contribution is 7.88. The van der Waals surface area contributed by atoms with Crippen LogP contribution in [-0.2, 0) is 15.8 Å². The van der Waals surface area contributed by atoms with Gasteiger partial charge >= 0.3 is 0 Å². The zero-order valence-electron chi connectivity index (χ0n) is 13.4. The van der Waals surface area contributed by atoms with Gasteiger partial charge in [0, 0.05) is 19.1 Å². The van der Waals surface area contributed by atoms with E-state index in [-0.39, 0.29) is 11.3 Å². The van der Waals surface area contributed by atoms with Gasteiger partial charge in [-0.15, -0.1) is 0 Å². The number of nitrogens with zero attached hydrogens (tertiary/aromatic N) is 2. The van der Waals surface area contributed by atoms with Crippen LogP contribution >= 0.6 is 0 Å². The summed E-state index contributed by atoms with van der Waals surface area (Å²) in [7, 11) is 0.557. The molecule has 0 amide bonds. The largest absolute Gasteiger partial charge is 0.301 e. The number of rotatable bonds is 5. The van der Waals surface area contributed by atoms with Gasteiger partial charge in [-0.1, -0.05) is 30.3 Å². The van der Waals surface area contributed by atoms with E-state index in [1.54, 1.807) is 7.05 Å². The molecule has 1 saturated heterocycles. The van der Waals surface area contributed by atoms with Gasteiger partial charge in [0.15, 0.2) is 0 Å². The maximum Gasteiger partial charge on any atom is 0.218 e. The molecular weight excluding hydrogens is 284 g/mol. The molecule has 0 aromatic heterocycles. The minimum atomic E-state index is -3.25. The van der Waals surface area contributed by atoms with Crippen LogP contribution in [0.3, 0.4) is 0 Å². The van der Waals surface area contributed by atoms with Crippen molar-refractivity contribution in [2.24, 2.45) is 5.92 Å². The Kier molecular flexibility index (Phi) is 4.76. The Labute approximate surface area is 128 Å². The van der Waals surface area contributed by atoms with E-state index in [9.17, 15) is 8.42 Å². The van der Waals surface area contributed by atoms with Gasteiger partial charge in [0.2, 0.25) is 10.0 Å². The summed E-state index contributed by atoms with van der Waals surface area (Å²) in [5.41, 5.74) is 0.892. The van der Waals surface area contributed by atoms with Gasteiger partial charge in [0.1, 0.15) is 0 Å². The first-order valence-corrected chi connectivity index (χ1v) is 9.03. The summed E-state index contributed by atoms with van der Waals surface area (Å²) in [6, 6.07) is 9.37. The molecule has 0 spiro atoms. The summed E-state index contributed by atoms with van der Waals surface area (Å²) in [5, 5.41) is 0. The Balaban J connectivity index is 2.04. The predicted molar refractivity (Wildman–Crippen MR) is 86.5 cm³/mol. The SMILES string of the molecule is CN1CC[C@H](CN(C)S(=O)(=O)Cc2ccccc2)C1(C)C. The molecule has 1 aromatic rings. The fraction of sp³-hybridized carbons (Fsp3) is 0.625. The lowest BCUT2D eigenvalue weighted by Crippen LogP contribution is -2.44. The molecule has 21 heavy (non-hydrogen) atoms. The zero-order valence-corrected chi connectivity index (χ0v) is 14.2. The molecule has 1 heterocycles. The average Bonchev–Trinajstić information content (AvgIpc) is 2.66. The Morgan fingerprint density at radius 3 is 2.43 bits per heavy atom. The predicted octanol–water partition coefficient (Wildman–Crippen LogP) is 2.18. The third kappa shape index (κ3) is 3.65. The minimum Gasteiger partial charge on any atom is -0.301 e. The lowest BCUT2D eigenvalue weighted by atomic mass is 9.88. The normalized spacial score (nSPS) is 22.8. The number of likely N-dealkylation sites (tertiary alicyclic amines) is 1. The molecule has 0 unspecified atom stereocenters. The maximum atomic E-state index is 12.5. The van der Waals surface area contributed by atoms with Crippen molar-refractivity contribution in [3.8, 4) is 0 Å². The fourth-order valence-corrected chi connectivity index (χ4v) is 4.18. The van der Waals surface area contributed by atoms with Crippen molar-refractivity contribution in [3.05, 3.63) is 35.9 Å². The molecule has 0 saturated carbocycles. The fourth-order valence-electron chi connectivity index (χ4n) is 2.94. The quantitative estimate of drug-likeness (QED) is 0.837. The molecule has 1 aromatic carbocycles. The van der Waals surface area contributed by atoms with Gasteiger partial charge in [-0.25, -0.2) is 12.7 Å². The van der Waals surface area contributed by atoms with E-state index in [1.165, 1.54) is 4.31 Å². The van der Waals surface area contributed by atoms with Gasteiger partial charge < -0.3 is 4.90 Å². The number of hydrogen-bond donors (Lipinski definition) is 0. The first-order chi connectivity index (χ1) is 9.73. The van der Waals surface area contributed by atoms with Crippen LogP contribution in [0.15, 0.2) is 30.3 Å². The molecule has 5 heteroatoms. The molecule has 118 valence electrons. The number of hydrogen-bond acceptors (Lipinski definition) is 3. The second-order valence-electron chi connectivity index (χ2n) is 6.58. The van der Waals surface area contributed by atoms with Crippen molar-refractivity contribution in [1.29, 1.82) is 0 Å². The van der Waals surface area contributed by atoms with E-state index in [2.05, 4.69) is 25.8 Å². The van der Waals surface area contributed by atoms with Crippen LogP contribution < -0.4 is 0 Å². The molecule has 0 bridgehead atoms. The van der Waals surface area contributed by atoms with Gasteiger partial charge in [-0.2, -0.15) is 0 Å². The van der Waals surface area contributed by atoms with Gasteiger partial charge in [0.25, 0.3) is 0 Å². The van der Waals surface area contributed by atoms with E-state index in [1.807, 2.05) is 30.3 Å². The van der Waals surface area contributed by atoms with Crippen molar-refractivity contribution in [3.63, 3.8) is 0 Å². The summed E-state index contributed by atoms with van der Waals surface area (Å²) in [5.74, 6) is 0.450. The summed E-state index contributed by atoms with van der Waals surface area (Å²) in [6.45, 7) is 6.02. The second-order valence-corrected chi connectivity index (χ2v) is 8.66. The van der Waals surface area contributed by atoms with Crippen LogP contribution in [0.2, 0.25) is 0 Å². The Hall–Kier alpha value is -0.910. The molecule has 0 radical (unpaired) electrons. The van der Waals surface area contributed by atoms with E-state index in [0.717, 1.165) is 18.5 Å². The zero-order chi connectivity index (χ0) is 15.7. The van der Waals surface area contributed by atoms with Crippen molar-refractivity contribution in [2.45, 2.75) is 31.6 Å². The summed E-state index contributed by atoms with van der Waals surface area (Å²) in [4.78, 5) is 2.31. The monoisotopic (exact) mass is 310 g/mol. The molecular formula is C16H26N2O2S. The van der Waals surface area contributed by atoms with Crippen LogP contribution in [0.4, 0.5) is 0 Å². The highest BCUT2D eigenvalue weighted by atomic mass is 32.2. The van der Waals surface area contributed by atoms with Crippen molar-refractivity contribution in [1.82, 2.24) is 9.21 Å². The summed E-state index contributed by atoms with van der Waals surface area (Å²) in [6.07, 6.45) is 1.05. The topological polar surface area (TPSA) is 40.6 Å². The smallest absolute Gasteiger partial charge is 0.218 e. The maximum absolute atomic E-state index is 12.5. The molecule has 1 aliphatic rings. The standard InChI is InChI=1S/C16H26N2O2S/c1-16(2)15(10-11-17(16)3)12-18(4)21(19,20)13-14-8-6-5-7-9-14/h5-9,15H,10-13H2,1-4H3/t15-/m1/s1. The van der Waals surface area contributed by atoms with Gasteiger partial charge in [-0.05, 0) is 45.3 Å². The summed E-state index contributed by atoms with van der Waals surface area (Å²) < 4.78 is 26.5. The minimum absolute atomic E-state index is 0.0521. The van der Waals surface area contributed by atoms with E-state index < -0.39 is 10.0 Å². The van der Waals surface area contributed by atoms with Crippen LogP contribution in [0, 0.1) is 5.92 Å². The molecule has 0 aliphatic carbocycles. The van der Waals surface area contributed by atoms with E-state index >= 15 is 0 Å². The lowest BCUT2D eigenvalue weighted by Gasteiger charge is -2.35. The highest BCUT2D eigenvalue weighted by Crippen LogP contribution is 2.34. The molecule has 1 aliphatic heterocycles. The number of sulfonamides is 1. The molecule has 4 nitrogen and oxygen atoms in total. The van der Waals surface area contributed by atoms with Crippen molar-refractivity contribution >= 4 is 10.0 Å². The summed E-state index contributed by atoms with van der Waals surface area (Å²) >= 11 is 0. The van der Waals surface area contributed by atoms with Crippen LogP contribution in [-0.4, -0.2) is 50.3 Å². The second kappa shape index (κ2) is 6.07. The van der Waals surface area contributed by atoms with Crippen molar-refractivity contribution in [2.75, 3.05) is 27.2 Å². The molecule has 1 fully saturated rings. The molecule has 2 rings (SSSR count). The average molecular weight is 310 g/mol. The first kappa shape index (κ1) is 16.5. The Bertz CT molecular complexity index is 569. The van der Waals surface area contributed by atoms with Crippen LogP contribution in [0.5, 0.6) is 0 Å². The van der Waals surface area contributed by atoms with Crippen LogP contribution in [0.1, 0.15) is 25.8 Å². The molecule has 1 atom stereocenters. The lowest BCUT2D eigenvalue weighted by molar-refractivity contribution is 0.160. The number of benzene rings is 1. The van der Waals surface area contributed by atoms with Gasteiger partial charge in [0.05, 0.1) is 5.75 Å². The third-order valence-corrected chi connectivity index (χ3v) is 6.74. The first-order valence-electron chi connectivity index (χ1n) is 7.42. The van der Waals surface area contributed by atoms with E-state index in [0.29, 0.717) is 12.5 Å². The Morgan fingerprint density at radius 2 is 1.90 bits per heavy atom. The third-order valence-electron chi connectivity index (χ3n) is 4.94. The van der Waals surface area contributed by atoms with E-state index in [4.69, 9.17) is 0 Å². The Morgan fingerprint density at radius 1 is 1.29 bits per heavy atom. The highest BCUT2D eigenvalue weighted by Gasteiger charge is 2.40. The molecule has 0 N–H and O–H groups in total.